The van der Waals surface area contributed by atoms with Gasteiger partial charge < -0.3 is 9.47 Å². The molecule has 4 rings (SSSR count). The number of hydrogen-bond donors (Lipinski definition) is 0. The Morgan fingerprint density at radius 2 is 1.91 bits per heavy atom. The van der Waals surface area contributed by atoms with Crippen LogP contribution in [-0.2, 0) is 0 Å². The molecule has 3 aromatic carbocycles. The van der Waals surface area contributed by atoms with Crippen molar-refractivity contribution in [3.8, 4) is 35.2 Å². The van der Waals surface area contributed by atoms with E-state index in [1.807, 2.05) is 36.4 Å². The number of aromatic nitrogens is 2. The van der Waals surface area contributed by atoms with Crippen molar-refractivity contribution in [2.75, 3.05) is 13.7 Å². The molecular formula is C25H18ClN3O3. The highest BCUT2D eigenvalue weighted by atomic mass is 35.5. The molecule has 32 heavy (non-hydrogen) atoms. The molecule has 0 saturated carbocycles. The third kappa shape index (κ3) is 4.20. The monoisotopic (exact) mass is 443 g/mol. The summed E-state index contributed by atoms with van der Waals surface area (Å²) in [5, 5.41) is 5.22. The Bertz CT molecular complexity index is 1410. The van der Waals surface area contributed by atoms with Crippen LogP contribution < -0.4 is 15.0 Å². The number of para-hydroxylation sites is 1. The number of benzene rings is 3. The Morgan fingerprint density at radius 1 is 1.16 bits per heavy atom. The Hall–Kier alpha value is -4.08. The predicted octanol–water partition coefficient (Wildman–Crippen LogP) is 4.62. The van der Waals surface area contributed by atoms with E-state index in [9.17, 15) is 4.79 Å². The van der Waals surface area contributed by atoms with Gasteiger partial charge in [-0.2, -0.15) is 9.78 Å². The summed E-state index contributed by atoms with van der Waals surface area (Å²) in [5.74, 6) is 3.57. The maximum Gasteiger partial charge on any atom is 0.282 e. The maximum absolute atomic E-state index is 13.2. The summed E-state index contributed by atoms with van der Waals surface area (Å²) in [5.41, 5.74) is 1.69. The number of fused-ring (bicyclic) bond motifs is 1. The minimum atomic E-state index is -0.280. The first kappa shape index (κ1) is 21.2. The van der Waals surface area contributed by atoms with Gasteiger partial charge in [0.1, 0.15) is 6.61 Å². The van der Waals surface area contributed by atoms with E-state index in [2.05, 4.69) is 16.0 Å². The number of halogens is 1. The van der Waals surface area contributed by atoms with Gasteiger partial charge in [0.2, 0.25) is 0 Å². The second kappa shape index (κ2) is 9.38. The molecule has 158 valence electrons. The second-order valence-corrected chi connectivity index (χ2v) is 7.11. The number of terminal acetylenes is 1. The van der Waals surface area contributed by atoms with Gasteiger partial charge in [-0.05, 0) is 29.8 Å². The van der Waals surface area contributed by atoms with E-state index >= 15 is 0 Å². The lowest BCUT2D eigenvalue weighted by Crippen LogP contribution is -2.20. The first-order chi connectivity index (χ1) is 15.6. The topological polar surface area (TPSA) is 65.7 Å². The van der Waals surface area contributed by atoms with Crippen LogP contribution in [0.3, 0.4) is 0 Å². The lowest BCUT2D eigenvalue weighted by Gasteiger charge is -2.12. The molecule has 0 radical (unpaired) electrons. The second-order valence-electron chi connectivity index (χ2n) is 6.71. The molecule has 1 heterocycles. The van der Waals surface area contributed by atoms with E-state index < -0.39 is 0 Å². The normalized spacial score (nSPS) is 10.9. The van der Waals surface area contributed by atoms with Crippen LogP contribution in [0.2, 0.25) is 5.02 Å². The summed E-state index contributed by atoms with van der Waals surface area (Å²) < 4.78 is 12.1. The molecule has 0 bridgehead atoms. The van der Waals surface area contributed by atoms with Crippen LogP contribution in [0.25, 0.3) is 22.3 Å². The van der Waals surface area contributed by atoms with Crippen LogP contribution in [0.1, 0.15) is 5.56 Å². The number of ether oxygens (including phenoxy) is 2. The molecular weight excluding hydrogens is 426 g/mol. The fraction of sp³-hybridized carbons (Fsp3) is 0.0800. The average molecular weight is 444 g/mol. The maximum atomic E-state index is 13.2. The van der Waals surface area contributed by atoms with Crippen molar-refractivity contribution in [3.05, 3.63) is 87.7 Å². The highest BCUT2D eigenvalue weighted by molar-refractivity contribution is 6.32. The smallest absolute Gasteiger partial charge is 0.282 e. The Kier molecular flexibility index (Phi) is 6.20. The number of rotatable bonds is 6. The van der Waals surface area contributed by atoms with E-state index in [0.29, 0.717) is 38.8 Å². The molecule has 1 aromatic heterocycles. The minimum absolute atomic E-state index is 0.0576. The van der Waals surface area contributed by atoms with Crippen molar-refractivity contribution >= 4 is 28.7 Å². The predicted molar refractivity (Wildman–Crippen MR) is 127 cm³/mol. The first-order valence-electron chi connectivity index (χ1n) is 9.67. The quantitative estimate of drug-likeness (QED) is 0.322. The summed E-state index contributed by atoms with van der Waals surface area (Å²) in [6.07, 6.45) is 6.77. The molecule has 4 aromatic rings. The van der Waals surface area contributed by atoms with Gasteiger partial charge in [0.05, 0.1) is 29.2 Å². The van der Waals surface area contributed by atoms with E-state index in [1.54, 1.807) is 30.3 Å². The molecule has 0 atom stereocenters. The molecule has 0 unspecified atom stereocenters. The van der Waals surface area contributed by atoms with Crippen LogP contribution in [0.5, 0.6) is 11.5 Å². The van der Waals surface area contributed by atoms with Crippen molar-refractivity contribution in [2.24, 2.45) is 5.10 Å². The van der Waals surface area contributed by atoms with Gasteiger partial charge in [-0.15, -0.1) is 6.42 Å². The van der Waals surface area contributed by atoms with Crippen LogP contribution in [0.4, 0.5) is 0 Å². The number of methoxy groups -OCH3 is 1. The molecule has 7 heteroatoms. The van der Waals surface area contributed by atoms with E-state index in [1.165, 1.54) is 18.0 Å². The van der Waals surface area contributed by atoms with Crippen LogP contribution in [0.15, 0.2) is 76.6 Å². The summed E-state index contributed by atoms with van der Waals surface area (Å²) in [6.45, 7) is 0.0576. The fourth-order valence-corrected chi connectivity index (χ4v) is 3.47. The third-order valence-corrected chi connectivity index (χ3v) is 4.94. The molecule has 6 nitrogen and oxygen atoms in total. The van der Waals surface area contributed by atoms with E-state index in [4.69, 9.17) is 27.5 Å². The van der Waals surface area contributed by atoms with Crippen LogP contribution >= 0.6 is 11.6 Å². The molecule has 0 saturated heterocycles. The summed E-state index contributed by atoms with van der Waals surface area (Å²) in [4.78, 5) is 17.9. The average Bonchev–Trinajstić information content (AvgIpc) is 2.83. The first-order valence-corrected chi connectivity index (χ1v) is 10.1. The highest BCUT2D eigenvalue weighted by Crippen LogP contribution is 2.36. The van der Waals surface area contributed by atoms with Crippen LogP contribution in [0, 0.1) is 12.3 Å². The van der Waals surface area contributed by atoms with E-state index in [-0.39, 0.29) is 12.2 Å². The van der Waals surface area contributed by atoms with Gasteiger partial charge in [-0.25, -0.2) is 4.98 Å². The van der Waals surface area contributed by atoms with Crippen molar-refractivity contribution in [2.45, 2.75) is 0 Å². The Labute approximate surface area is 189 Å². The molecule has 0 amide bonds. The van der Waals surface area contributed by atoms with Gasteiger partial charge in [0, 0.05) is 5.56 Å². The molecule has 0 spiro atoms. The lowest BCUT2D eigenvalue weighted by atomic mass is 10.2. The number of hydrogen-bond acceptors (Lipinski definition) is 5. The van der Waals surface area contributed by atoms with Gasteiger partial charge in [-0.3, -0.25) is 4.79 Å². The van der Waals surface area contributed by atoms with Crippen molar-refractivity contribution in [3.63, 3.8) is 0 Å². The lowest BCUT2D eigenvalue weighted by molar-refractivity contribution is 0.331. The van der Waals surface area contributed by atoms with Gasteiger partial charge in [0.15, 0.2) is 17.3 Å². The SMILES string of the molecule is C#CCOc1c(Cl)cc(C=Nn2c(-c3ccccc3)nc3ccccc3c2=O)cc1OC. The molecule has 0 aliphatic carbocycles. The molecule has 0 aliphatic rings. The number of nitrogens with zero attached hydrogens (tertiary/aromatic N) is 3. The Morgan fingerprint density at radius 3 is 2.66 bits per heavy atom. The summed E-state index contributed by atoms with van der Waals surface area (Å²) in [6, 6.07) is 19.9. The summed E-state index contributed by atoms with van der Waals surface area (Å²) in [7, 11) is 1.50. The van der Waals surface area contributed by atoms with Crippen molar-refractivity contribution < 1.29 is 9.47 Å². The van der Waals surface area contributed by atoms with Gasteiger partial charge in [-0.1, -0.05) is 60.0 Å². The molecule has 0 N–H and O–H groups in total. The van der Waals surface area contributed by atoms with Crippen molar-refractivity contribution in [1.29, 1.82) is 0 Å². The van der Waals surface area contributed by atoms with E-state index in [0.717, 1.165) is 5.56 Å². The standard InChI is InChI=1S/C25H18ClN3O3/c1-3-13-32-23-20(26)14-17(15-22(23)31-2)16-27-29-24(18-9-5-4-6-10-18)28-21-12-8-7-11-19(21)25(29)30/h1,4-12,14-16H,13H2,2H3. The molecule has 0 fully saturated rings. The fourth-order valence-electron chi connectivity index (χ4n) is 3.20. The largest absolute Gasteiger partial charge is 0.493 e. The van der Waals surface area contributed by atoms with Crippen molar-refractivity contribution in [1.82, 2.24) is 9.66 Å². The zero-order valence-electron chi connectivity index (χ0n) is 17.2. The zero-order valence-corrected chi connectivity index (χ0v) is 17.9. The van der Waals surface area contributed by atoms with Crippen LogP contribution in [-0.4, -0.2) is 29.6 Å². The van der Waals surface area contributed by atoms with Gasteiger partial charge >= 0.3 is 0 Å². The Balaban J connectivity index is 1.84. The third-order valence-electron chi connectivity index (χ3n) is 4.66. The summed E-state index contributed by atoms with van der Waals surface area (Å²) >= 11 is 6.35. The van der Waals surface area contributed by atoms with Gasteiger partial charge in [0.25, 0.3) is 5.56 Å². The zero-order chi connectivity index (χ0) is 22.5. The molecule has 0 aliphatic heterocycles. The minimum Gasteiger partial charge on any atom is -0.493 e. The highest BCUT2D eigenvalue weighted by Gasteiger charge is 2.14.